The van der Waals surface area contributed by atoms with E-state index in [-0.39, 0.29) is 10.9 Å². The molecule has 3 aliphatic rings. The summed E-state index contributed by atoms with van der Waals surface area (Å²) in [7, 11) is -3.61. The van der Waals surface area contributed by atoms with Crippen LogP contribution in [-0.4, -0.2) is 59.5 Å². The highest BCUT2D eigenvalue weighted by Gasteiger charge is 2.51. The smallest absolute Gasteiger partial charge is 0.260 e. The fourth-order valence-corrected chi connectivity index (χ4v) is 6.06. The van der Waals surface area contributed by atoms with Gasteiger partial charge in [-0.25, -0.2) is 8.42 Å². The Morgan fingerprint density at radius 1 is 1.27 bits per heavy atom. The Kier molecular flexibility index (Phi) is 4.59. The van der Waals surface area contributed by atoms with Gasteiger partial charge in [0.1, 0.15) is 0 Å². The lowest BCUT2D eigenvalue weighted by Crippen LogP contribution is -2.51. The Morgan fingerprint density at radius 2 is 2.08 bits per heavy atom. The number of hydrogen-bond acceptors (Lipinski definition) is 4. The van der Waals surface area contributed by atoms with E-state index in [9.17, 15) is 13.2 Å². The van der Waals surface area contributed by atoms with Gasteiger partial charge in [-0.3, -0.25) is 9.48 Å². The molecule has 4 rings (SSSR count). The van der Waals surface area contributed by atoms with E-state index >= 15 is 0 Å². The van der Waals surface area contributed by atoms with Crippen LogP contribution in [0, 0.1) is 11.3 Å². The van der Waals surface area contributed by atoms with Crippen molar-refractivity contribution in [2.45, 2.75) is 57.0 Å². The van der Waals surface area contributed by atoms with Crippen molar-refractivity contribution in [3.63, 3.8) is 0 Å². The molecule has 0 bridgehead atoms. The van der Waals surface area contributed by atoms with E-state index in [1.807, 2.05) is 11.8 Å². The van der Waals surface area contributed by atoms with Crippen LogP contribution >= 0.6 is 0 Å². The van der Waals surface area contributed by atoms with Gasteiger partial charge in [-0.2, -0.15) is 9.40 Å². The number of carbonyl (C=O) groups is 1. The van der Waals surface area contributed by atoms with Crippen LogP contribution in [0.3, 0.4) is 0 Å². The van der Waals surface area contributed by atoms with Gasteiger partial charge in [-0.05, 0) is 50.5 Å². The number of rotatable bonds is 6. The summed E-state index contributed by atoms with van der Waals surface area (Å²) >= 11 is 0. The SMILES string of the molecule is CCCn1nccc1S(=O)(=O)N1CC[C@]2(CCCN(CC3CC3)C2=O)C1. The van der Waals surface area contributed by atoms with Crippen molar-refractivity contribution in [1.29, 1.82) is 0 Å². The lowest BCUT2D eigenvalue weighted by molar-refractivity contribution is -0.145. The Balaban J connectivity index is 1.53. The zero-order valence-electron chi connectivity index (χ0n) is 15.4. The Morgan fingerprint density at radius 3 is 2.81 bits per heavy atom. The van der Waals surface area contributed by atoms with Crippen molar-refractivity contribution in [2.75, 3.05) is 26.2 Å². The monoisotopic (exact) mass is 380 g/mol. The van der Waals surface area contributed by atoms with Crippen molar-refractivity contribution in [3.8, 4) is 0 Å². The predicted octanol–water partition coefficient (Wildman–Crippen LogP) is 1.71. The maximum atomic E-state index is 13.1. The van der Waals surface area contributed by atoms with Gasteiger partial charge in [0.2, 0.25) is 5.91 Å². The van der Waals surface area contributed by atoms with E-state index < -0.39 is 15.4 Å². The largest absolute Gasteiger partial charge is 0.342 e. The maximum absolute atomic E-state index is 13.1. The van der Waals surface area contributed by atoms with Crippen LogP contribution in [0.1, 0.15) is 45.4 Å². The lowest BCUT2D eigenvalue weighted by Gasteiger charge is -2.39. The average molecular weight is 381 g/mol. The number of sulfonamides is 1. The first-order valence-corrected chi connectivity index (χ1v) is 11.2. The minimum Gasteiger partial charge on any atom is -0.342 e. The van der Waals surface area contributed by atoms with Gasteiger partial charge in [-0.15, -0.1) is 0 Å². The van der Waals surface area contributed by atoms with Gasteiger partial charge >= 0.3 is 0 Å². The number of nitrogens with zero attached hydrogens (tertiary/aromatic N) is 4. The van der Waals surface area contributed by atoms with E-state index in [1.165, 1.54) is 23.3 Å². The van der Waals surface area contributed by atoms with Gasteiger partial charge in [0.05, 0.1) is 11.6 Å². The fourth-order valence-electron chi connectivity index (χ4n) is 4.41. The van der Waals surface area contributed by atoms with Crippen LogP contribution in [0.4, 0.5) is 0 Å². The van der Waals surface area contributed by atoms with Crippen LogP contribution in [0.2, 0.25) is 0 Å². The standard InChI is InChI=1S/C18H28N4O3S/c1-2-10-22-16(6-9-19-22)26(24,25)21-12-8-18(14-21)7-3-11-20(17(18)23)13-15-4-5-15/h6,9,15H,2-5,7-8,10-14H2,1H3/t18-/m1/s1. The third-order valence-electron chi connectivity index (χ3n) is 6.04. The quantitative estimate of drug-likeness (QED) is 0.753. The van der Waals surface area contributed by atoms with Crippen molar-refractivity contribution >= 4 is 15.9 Å². The van der Waals surface area contributed by atoms with Gasteiger partial charge in [0, 0.05) is 32.7 Å². The van der Waals surface area contributed by atoms with Gasteiger partial charge in [-0.1, -0.05) is 6.92 Å². The molecule has 2 aliphatic heterocycles. The summed E-state index contributed by atoms with van der Waals surface area (Å²) in [5, 5.41) is 4.39. The number of hydrogen-bond donors (Lipinski definition) is 0. The normalized spacial score (nSPS) is 27.6. The lowest BCUT2D eigenvalue weighted by atomic mass is 9.78. The molecule has 7 nitrogen and oxygen atoms in total. The number of aromatic nitrogens is 2. The van der Waals surface area contributed by atoms with E-state index in [1.54, 1.807) is 10.7 Å². The number of aryl methyl sites for hydroxylation is 1. The molecule has 0 radical (unpaired) electrons. The summed E-state index contributed by atoms with van der Waals surface area (Å²) < 4.78 is 29.3. The molecule has 1 aliphatic carbocycles. The van der Waals surface area contributed by atoms with E-state index in [0.29, 0.717) is 32.0 Å². The van der Waals surface area contributed by atoms with E-state index in [0.717, 1.165) is 32.4 Å². The molecule has 1 aromatic heterocycles. The number of amides is 1. The molecule has 3 fully saturated rings. The Labute approximate surface area is 155 Å². The zero-order valence-corrected chi connectivity index (χ0v) is 16.2. The molecule has 1 saturated carbocycles. The second kappa shape index (κ2) is 6.64. The summed E-state index contributed by atoms with van der Waals surface area (Å²) in [6, 6.07) is 1.57. The number of carbonyl (C=O) groups excluding carboxylic acids is 1. The molecule has 1 amide bonds. The molecule has 1 spiro atoms. The first-order chi connectivity index (χ1) is 12.5. The van der Waals surface area contributed by atoms with Gasteiger partial charge < -0.3 is 4.90 Å². The summed E-state index contributed by atoms with van der Waals surface area (Å²) in [5.41, 5.74) is -0.518. The summed E-state index contributed by atoms with van der Waals surface area (Å²) in [4.78, 5) is 15.1. The molecule has 1 aromatic rings. The first kappa shape index (κ1) is 18.0. The predicted molar refractivity (Wildman–Crippen MR) is 96.9 cm³/mol. The zero-order chi connectivity index (χ0) is 18.4. The molecule has 8 heteroatoms. The molecule has 0 unspecified atom stereocenters. The Bertz CT molecular complexity index is 786. The van der Waals surface area contributed by atoms with Crippen LogP contribution in [0.5, 0.6) is 0 Å². The third-order valence-corrected chi connectivity index (χ3v) is 7.90. The van der Waals surface area contributed by atoms with Gasteiger partial charge in [0.15, 0.2) is 5.03 Å². The molecule has 0 aromatic carbocycles. The molecular formula is C18H28N4O3S. The number of piperidine rings is 1. The Hall–Kier alpha value is -1.41. The van der Waals surface area contributed by atoms with Crippen molar-refractivity contribution in [1.82, 2.24) is 19.0 Å². The van der Waals surface area contributed by atoms with Crippen LogP contribution in [0.25, 0.3) is 0 Å². The van der Waals surface area contributed by atoms with Crippen LogP contribution in [-0.2, 0) is 21.4 Å². The highest BCUT2D eigenvalue weighted by molar-refractivity contribution is 7.89. The van der Waals surface area contributed by atoms with Crippen molar-refractivity contribution < 1.29 is 13.2 Å². The topological polar surface area (TPSA) is 75.5 Å². The van der Waals surface area contributed by atoms with Crippen LogP contribution < -0.4 is 0 Å². The molecule has 144 valence electrons. The highest BCUT2D eigenvalue weighted by atomic mass is 32.2. The second-order valence-corrected chi connectivity index (χ2v) is 9.94. The summed E-state index contributed by atoms with van der Waals surface area (Å²) in [5.74, 6) is 0.842. The third kappa shape index (κ3) is 3.07. The molecule has 26 heavy (non-hydrogen) atoms. The van der Waals surface area contributed by atoms with Crippen LogP contribution in [0.15, 0.2) is 17.3 Å². The highest BCUT2D eigenvalue weighted by Crippen LogP contribution is 2.43. The average Bonchev–Trinajstić information content (AvgIpc) is 3.12. The minimum atomic E-state index is -3.61. The summed E-state index contributed by atoms with van der Waals surface area (Å²) in [6.07, 6.45) is 7.21. The fraction of sp³-hybridized carbons (Fsp3) is 0.778. The molecule has 0 N–H and O–H groups in total. The molecule has 2 saturated heterocycles. The second-order valence-electron chi connectivity index (χ2n) is 8.06. The molecule has 3 heterocycles. The molecular weight excluding hydrogens is 352 g/mol. The molecule has 1 atom stereocenters. The first-order valence-electron chi connectivity index (χ1n) is 9.78. The minimum absolute atomic E-state index is 0.176. The van der Waals surface area contributed by atoms with Gasteiger partial charge in [0.25, 0.3) is 10.0 Å². The van der Waals surface area contributed by atoms with Crippen molar-refractivity contribution in [3.05, 3.63) is 12.3 Å². The van der Waals surface area contributed by atoms with Crippen molar-refractivity contribution in [2.24, 2.45) is 11.3 Å². The summed E-state index contributed by atoms with van der Waals surface area (Å²) in [6.45, 7) is 4.99. The van der Waals surface area contributed by atoms with E-state index in [4.69, 9.17) is 0 Å². The number of likely N-dealkylation sites (tertiary alicyclic amines) is 1. The maximum Gasteiger partial charge on any atom is 0.260 e. The van der Waals surface area contributed by atoms with E-state index in [2.05, 4.69) is 5.10 Å².